The molecule has 2 rings (SSSR count). The zero-order valence-electron chi connectivity index (χ0n) is 12.3. The van der Waals surface area contributed by atoms with Crippen molar-refractivity contribution in [2.24, 2.45) is 0 Å². The third kappa shape index (κ3) is 4.87. The van der Waals surface area contributed by atoms with Crippen molar-refractivity contribution >= 4 is 0 Å². The summed E-state index contributed by atoms with van der Waals surface area (Å²) in [4.78, 5) is 0. The fraction of sp³-hybridized carbons (Fsp3) is 0.625. The maximum absolute atomic E-state index is 5.63. The Morgan fingerprint density at radius 2 is 1.80 bits per heavy atom. The van der Waals surface area contributed by atoms with Gasteiger partial charge in [0.1, 0.15) is 0 Å². The number of fused-ring (bicyclic) bond motifs is 1. The van der Waals surface area contributed by atoms with E-state index in [0.29, 0.717) is 32.5 Å². The minimum Gasteiger partial charge on any atom is -0.382 e. The number of methoxy groups -OCH3 is 1. The molecule has 20 heavy (non-hydrogen) atoms. The molecule has 4 heteroatoms. The first kappa shape index (κ1) is 15.4. The summed E-state index contributed by atoms with van der Waals surface area (Å²) in [6.07, 6.45) is 2.13. The molecule has 4 nitrogen and oxygen atoms in total. The van der Waals surface area contributed by atoms with Crippen LogP contribution >= 0.6 is 0 Å². The van der Waals surface area contributed by atoms with E-state index in [1.165, 1.54) is 11.1 Å². The first-order chi connectivity index (χ1) is 9.92. The van der Waals surface area contributed by atoms with Crippen LogP contribution in [0.1, 0.15) is 23.6 Å². The van der Waals surface area contributed by atoms with Gasteiger partial charge in [-0.05, 0) is 30.5 Å². The molecule has 1 unspecified atom stereocenters. The van der Waals surface area contributed by atoms with Gasteiger partial charge in [0.15, 0.2) is 0 Å². The zero-order valence-corrected chi connectivity index (χ0v) is 12.3. The first-order valence-corrected chi connectivity index (χ1v) is 7.37. The minimum absolute atomic E-state index is 0.425. The highest BCUT2D eigenvalue weighted by atomic mass is 16.5. The van der Waals surface area contributed by atoms with E-state index >= 15 is 0 Å². The van der Waals surface area contributed by atoms with Gasteiger partial charge < -0.3 is 19.5 Å². The van der Waals surface area contributed by atoms with Crippen molar-refractivity contribution in [1.82, 2.24) is 5.32 Å². The number of nitrogens with one attached hydrogen (secondary N) is 1. The smallest absolute Gasteiger partial charge is 0.0701 e. The van der Waals surface area contributed by atoms with Gasteiger partial charge in [-0.15, -0.1) is 0 Å². The van der Waals surface area contributed by atoms with Gasteiger partial charge in [0, 0.05) is 19.8 Å². The van der Waals surface area contributed by atoms with Crippen molar-refractivity contribution in [3.63, 3.8) is 0 Å². The van der Waals surface area contributed by atoms with Crippen molar-refractivity contribution in [1.29, 1.82) is 0 Å². The molecule has 1 N–H and O–H groups in total. The van der Waals surface area contributed by atoms with E-state index in [1.807, 2.05) is 0 Å². The van der Waals surface area contributed by atoms with Gasteiger partial charge in [-0.2, -0.15) is 0 Å². The highest BCUT2D eigenvalue weighted by molar-refractivity contribution is 5.32. The van der Waals surface area contributed by atoms with E-state index in [2.05, 4.69) is 29.6 Å². The van der Waals surface area contributed by atoms with Gasteiger partial charge in [-0.1, -0.05) is 24.3 Å². The van der Waals surface area contributed by atoms with E-state index in [4.69, 9.17) is 14.2 Å². The molecule has 0 aromatic heterocycles. The number of hydrogen-bond acceptors (Lipinski definition) is 4. The number of hydrogen-bond donors (Lipinski definition) is 1. The van der Waals surface area contributed by atoms with Gasteiger partial charge in [-0.3, -0.25) is 0 Å². The fourth-order valence-corrected chi connectivity index (χ4v) is 2.52. The van der Waals surface area contributed by atoms with E-state index in [-0.39, 0.29) is 0 Å². The summed E-state index contributed by atoms with van der Waals surface area (Å²) >= 11 is 0. The maximum Gasteiger partial charge on any atom is 0.0701 e. The second-order valence-electron chi connectivity index (χ2n) is 4.96. The Labute approximate surface area is 121 Å². The lowest BCUT2D eigenvalue weighted by Gasteiger charge is -2.26. The van der Waals surface area contributed by atoms with Crippen molar-refractivity contribution < 1.29 is 14.2 Å². The number of rotatable bonds is 9. The second-order valence-corrected chi connectivity index (χ2v) is 4.96. The Morgan fingerprint density at radius 1 is 1.05 bits per heavy atom. The highest BCUT2D eigenvalue weighted by Crippen LogP contribution is 2.24. The Bertz CT molecular complexity index is 384. The Hall–Kier alpha value is -0.940. The van der Waals surface area contributed by atoms with Gasteiger partial charge in [-0.25, -0.2) is 0 Å². The summed E-state index contributed by atoms with van der Waals surface area (Å²) < 4.78 is 15.9. The lowest BCUT2D eigenvalue weighted by Crippen LogP contribution is -2.30. The Balaban J connectivity index is 1.61. The van der Waals surface area contributed by atoms with Crippen LogP contribution in [0.4, 0.5) is 0 Å². The van der Waals surface area contributed by atoms with Crippen LogP contribution in [-0.4, -0.2) is 46.7 Å². The molecule has 1 aliphatic heterocycles. The summed E-state index contributed by atoms with van der Waals surface area (Å²) in [5, 5.41) is 3.57. The maximum atomic E-state index is 5.63. The summed E-state index contributed by atoms with van der Waals surface area (Å²) in [5.74, 6) is 0. The molecule has 0 fully saturated rings. The van der Waals surface area contributed by atoms with Gasteiger partial charge in [0.25, 0.3) is 0 Å². The molecule has 1 aliphatic rings. The topological polar surface area (TPSA) is 39.7 Å². The van der Waals surface area contributed by atoms with Crippen LogP contribution in [0.3, 0.4) is 0 Å². The molecule has 1 aromatic carbocycles. The van der Waals surface area contributed by atoms with Crippen LogP contribution in [0.15, 0.2) is 24.3 Å². The molecular formula is C16H25NO3. The first-order valence-electron chi connectivity index (χ1n) is 7.37. The predicted octanol–water partition coefficient (Wildman–Crippen LogP) is 1.94. The van der Waals surface area contributed by atoms with Crippen LogP contribution in [0, 0.1) is 0 Å². The summed E-state index contributed by atoms with van der Waals surface area (Å²) in [7, 11) is 1.68. The summed E-state index contributed by atoms with van der Waals surface area (Å²) in [6.45, 7) is 4.39. The number of ether oxygens (including phenoxy) is 3. The molecule has 0 bridgehead atoms. The molecule has 112 valence electrons. The summed E-state index contributed by atoms with van der Waals surface area (Å²) in [6, 6.07) is 9.11. The van der Waals surface area contributed by atoms with E-state index in [1.54, 1.807) is 7.11 Å². The van der Waals surface area contributed by atoms with E-state index in [9.17, 15) is 0 Å². The summed E-state index contributed by atoms with van der Waals surface area (Å²) in [5.41, 5.74) is 2.90. The Morgan fingerprint density at radius 3 is 2.65 bits per heavy atom. The highest BCUT2D eigenvalue weighted by Gasteiger charge is 2.18. The van der Waals surface area contributed by atoms with Crippen LogP contribution in [0.2, 0.25) is 0 Å². The molecule has 0 radical (unpaired) electrons. The molecule has 0 aliphatic carbocycles. The largest absolute Gasteiger partial charge is 0.382 e. The fourth-order valence-electron chi connectivity index (χ4n) is 2.52. The van der Waals surface area contributed by atoms with E-state index in [0.717, 1.165) is 26.0 Å². The molecule has 1 aromatic rings. The van der Waals surface area contributed by atoms with Crippen LogP contribution < -0.4 is 5.32 Å². The normalized spacial score (nSPS) is 17.9. The third-order valence-electron chi connectivity index (χ3n) is 3.57. The van der Waals surface area contributed by atoms with Crippen LogP contribution in [0.5, 0.6) is 0 Å². The molecule has 0 saturated heterocycles. The van der Waals surface area contributed by atoms with Gasteiger partial charge >= 0.3 is 0 Å². The molecule has 0 spiro atoms. The van der Waals surface area contributed by atoms with Crippen LogP contribution in [0.25, 0.3) is 0 Å². The molecular weight excluding hydrogens is 254 g/mol. The average molecular weight is 279 g/mol. The lowest BCUT2D eigenvalue weighted by atomic mass is 9.93. The lowest BCUT2D eigenvalue weighted by molar-refractivity contribution is 0.0227. The Kier molecular flexibility index (Phi) is 7.01. The third-order valence-corrected chi connectivity index (χ3v) is 3.57. The molecule has 1 atom stereocenters. The quantitative estimate of drug-likeness (QED) is 0.701. The monoisotopic (exact) mass is 279 g/mol. The van der Waals surface area contributed by atoms with Crippen molar-refractivity contribution in [2.75, 3.05) is 46.7 Å². The minimum atomic E-state index is 0.425. The van der Waals surface area contributed by atoms with Gasteiger partial charge in [0.05, 0.1) is 26.4 Å². The average Bonchev–Trinajstić information content (AvgIpc) is 2.50. The molecule has 0 amide bonds. The van der Waals surface area contributed by atoms with Crippen molar-refractivity contribution in [3.05, 3.63) is 35.4 Å². The van der Waals surface area contributed by atoms with Gasteiger partial charge in [0.2, 0.25) is 0 Å². The van der Waals surface area contributed by atoms with Crippen molar-refractivity contribution in [2.45, 2.75) is 18.9 Å². The number of benzene rings is 1. The predicted molar refractivity (Wildman–Crippen MR) is 79.0 cm³/mol. The van der Waals surface area contributed by atoms with Crippen molar-refractivity contribution in [3.8, 4) is 0 Å². The van der Waals surface area contributed by atoms with Crippen LogP contribution in [-0.2, 0) is 20.6 Å². The SMILES string of the molecule is COCCOCCOCCC1NCCc2ccccc21. The molecule has 1 heterocycles. The van der Waals surface area contributed by atoms with E-state index < -0.39 is 0 Å². The second kappa shape index (κ2) is 9.08. The zero-order chi connectivity index (χ0) is 14.0. The molecule has 0 saturated carbocycles. The standard InChI is InChI=1S/C16H25NO3/c1-18-10-11-20-13-12-19-9-7-16-15-5-3-2-4-14(15)6-8-17-16/h2-5,16-17H,6-13H2,1H3.